The van der Waals surface area contributed by atoms with Gasteiger partial charge in [0.05, 0.1) is 33.0 Å². The van der Waals surface area contributed by atoms with Crippen molar-refractivity contribution in [2.45, 2.75) is 0 Å². The smallest absolute Gasteiger partial charge is 0.164 e. The second kappa shape index (κ2) is 13.0. The number of para-hydroxylation sites is 4. The summed E-state index contributed by atoms with van der Waals surface area (Å²) >= 11 is 0. The summed E-state index contributed by atoms with van der Waals surface area (Å²) < 4.78 is 74.6. The molecule has 11 rings (SSSR count). The summed E-state index contributed by atoms with van der Waals surface area (Å²) in [6.07, 6.45) is 0. The molecule has 0 aliphatic rings. The highest BCUT2D eigenvalue weighted by Gasteiger charge is 2.19. The number of nitrogens with zero attached hydrogens (tertiary/aromatic N) is 5. The lowest BCUT2D eigenvalue weighted by Crippen LogP contribution is -2.02. The minimum atomic E-state index is -0.503. The molecule has 0 atom stereocenters. The molecule has 262 valence electrons. The Hall–Kier alpha value is -7.63. The summed E-state index contributed by atoms with van der Waals surface area (Å²) in [5, 5.41) is 2.09. The molecule has 0 spiro atoms. The van der Waals surface area contributed by atoms with Gasteiger partial charge in [0.15, 0.2) is 17.5 Å². The van der Waals surface area contributed by atoms with Crippen LogP contribution in [0.25, 0.3) is 100 Å². The monoisotopic (exact) mass is 723 g/mol. The number of fused-ring (bicyclic) bond motifs is 6. The Kier molecular flexibility index (Phi) is 5.74. The van der Waals surface area contributed by atoms with Crippen molar-refractivity contribution in [2.75, 3.05) is 0 Å². The van der Waals surface area contributed by atoms with Gasteiger partial charge in [0, 0.05) is 49.6 Å². The van der Waals surface area contributed by atoms with Crippen molar-refractivity contribution >= 4 is 43.6 Å². The molecular weight excluding hydrogens is 683 g/mol. The van der Waals surface area contributed by atoms with Crippen molar-refractivity contribution in [3.63, 3.8) is 0 Å². The molecule has 0 saturated heterocycles. The highest BCUT2D eigenvalue weighted by atomic mass is 15.0. The molecule has 0 aliphatic carbocycles. The van der Waals surface area contributed by atoms with Crippen LogP contribution in [0.2, 0.25) is 0 Å². The van der Waals surface area contributed by atoms with E-state index in [1.54, 1.807) is 6.07 Å². The summed E-state index contributed by atoms with van der Waals surface area (Å²) in [5.74, 6) is 1.17. The summed E-state index contributed by atoms with van der Waals surface area (Å²) in [7, 11) is 0. The van der Waals surface area contributed by atoms with Crippen LogP contribution in [0.5, 0.6) is 0 Å². The SMILES string of the molecule is [2H]c1c([2H])c([2H])c2c(c1[2H])c1c([2H])c([2H])c([2H])c([2H])c1n2-c1cc(-c2ccccc2)cc(-c2nc(-c3ccccc3)nc(-c3ccc4c(c3)c3ccccc3n4-c3ccccc3)n2)c1. The molecule has 11 aromatic rings. The van der Waals surface area contributed by atoms with Crippen LogP contribution in [0.4, 0.5) is 0 Å². The molecule has 3 heterocycles. The van der Waals surface area contributed by atoms with Gasteiger partial charge in [-0.2, -0.15) is 0 Å². The number of rotatable bonds is 6. The van der Waals surface area contributed by atoms with Crippen molar-refractivity contribution in [2.24, 2.45) is 0 Å². The quantitative estimate of drug-likeness (QED) is 0.172. The molecule has 0 radical (unpaired) electrons. The van der Waals surface area contributed by atoms with E-state index in [1.807, 2.05) is 109 Å². The second-order valence-corrected chi connectivity index (χ2v) is 13.5. The zero-order chi connectivity index (χ0) is 44.0. The topological polar surface area (TPSA) is 48.5 Å². The van der Waals surface area contributed by atoms with Crippen molar-refractivity contribution in [3.8, 4) is 56.7 Å². The highest BCUT2D eigenvalue weighted by molar-refractivity contribution is 6.11. The van der Waals surface area contributed by atoms with Crippen LogP contribution in [0.15, 0.2) is 200 Å². The molecule has 0 bridgehead atoms. The Morgan fingerprint density at radius 1 is 0.321 bits per heavy atom. The number of hydrogen-bond donors (Lipinski definition) is 0. The van der Waals surface area contributed by atoms with Gasteiger partial charge in [0.25, 0.3) is 0 Å². The largest absolute Gasteiger partial charge is 0.309 e. The molecule has 0 N–H and O–H groups in total. The van der Waals surface area contributed by atoms with Gasteiger partial charge in [0.2, 0.25) is 0 Å². The van der Waals surface area contributed by atoms with Crippen LogP contribution >= 0.6 is 0 Å². The van der Waals surface area contributed by atoms with Gasteiger partial charge in [0.1, 0.15) is 0 Å². The fraction of sp³-hybridized carbons (Fsp3) is 0. The lowest BCUT2D eigenvalue weighted by molar-refractivity contribution is 1.07. The molecule has 0 unspecified atom stereocenters. The molecule has 5 nitrogen and oxygen atoms in total. The Labute approximate surface area is 334 Å². The van der Waals surface area contributed by atoms with Gasteiger partial charge in [-0.05, 0) is 77.8 Å². The van der Waals surface area contributed by atoms with E-state index in [4.69, 9.17) is 23.2 Å². The fourth-order valence-electron chi connectivity index (χ4n) is 7.66. The molecule has 0 saturated carbocycles. The molecular formula is C51H33N5. The summed E-state index contributed by atoms with van der Waals surface area (Å²) in [4.78, 5) is 15.3. The number of benzene rings is 8. The van der Waals surface area contributed by atoms with Crippen LogP contribution in [-0.4, -0.2) is 24.1 Å². The maximum absolute atomic E-state index is 9.17. The maximum Gasteiger partial charge on any atom is 0.164 e. The molecule has 0 fully saturated rings. The molecule has 0 amide bonds. The molecule has 0 aliphatic heterocycles. The highest BCUT2D eigenvalue weighted by Crippen LogP contribution is 2.38. The standard InChI is InChI=1S/C51H33N5/c1-4-16-34(17-5-1)37-30-38(32-40(31-37)56-45-25-13-10-22-41(45)42-23-11-14-26-46(42)56)51-53-49(35-18-6-2-7-19-35)52-50(54-51)36-28-29-48-44(33-36)43-24-12-15-27-47(43)55(48)39-20-8-3-9-21-39/h1-33H/i10D,11D,13D,14D,22D,23D,25D,26D. The van der Waals surface area contributed by atoms with E-state index >= 15 is 0 Å². The second-order valence-electron chi connectivity index (χ2n) is 13.5. The molecule has 8 aromatic carbocycles. The average molecular weight is 724 g/mol. The van der Waals surface area contributed by atoms with E-state index in [9.17, 15) is 2.74 Å². The average Bonchev–Trinajstić information content (AvgIpc) is 3.88. The Morgan fingerprint density at radius 2 is 0.839 bits per heavy atom. The third-order valence-electron chi connectivity index (χ3n) is 10.2. The lowest BCUT2D eigenvalue weighted by Gasteiger charge is -2.14. The minimum Gasteiger partial charge on any atom is -0.309 e. The van der Waals surface area contributed by atoms with Gasteiger partial charge < -0.3 is 9.13 Å². The van der Waals surface area contributed by atoms with Crippen LogP contribution in [0.3, 0.4) is 0 Å². The third kappa shape index (κ3) is 5.29. The predicted octanol–water partition coefficient (Wildman–Crippen LogP) is 12.7. The van der Waals surface area contributed by atoms with Gasteiger partial charge in [-0.25, -0.2) is 15.0 Å². The summed E-state index contributed by atoms with van der Waals surface area (Å²) in [5.41, 5.74) is 7.15. The van der Waals surface area contributed by atoms with E-state index < -0.39 is 36.3 Å². The van der Waals surface area contributed by atoms with Crippen LogP contribution in [-0.2, 0) is 0 Å². The molecule has 5 heteroatoms. The van der Waals surface area contributed by atoms with E-state index in [1.165, 1.54) is 4.57 Å². The van der Waals surface area contributed by atoms with Crippen LogP contribution in [0.1, 0.15) is 11.0 Å². The van der Waals surface area contributed by atoms with Crippen LogP contribution < -0.4 is 0 Å². The van der Waals surface area contributed by atoms with Gasteiger partial charge >= 0.3 is 0 Å². The summed E-state index contributed by atoms with van der Waals surface area (Å²) in [6.45, 7) is 0. The Balaban J connectivity index is 1.21. The minimum absolute atomic E-state index is 0.00233. The first-order valence-electron chi connectivity index (χ1n) is 22.2. The van der Waals surface area contributed by atoms with Crippen molar-refractivity contribution in [1.82, 2.24) is 24.1 Å². The Morgan fingerprint density at radius 3 is 1.54 bits per heavy atom. The normalized spacial score (nSPS) is 13.6. The lowest BCUT2D eigenvalue weighted by atomic mass is 10.0. The fourth-order valence-corrected chi connectivity index (χ4v) is 7.66. The zero-order valence-electron chi connectivity index (χ0n) is 37.7. The van der Waals surface area contributed by atoms with Gasteiger partial charge in [-0.1, -0.05) is 133 Å². The molecule has 56 heavy (non-hydrogen) atoms. The Bertz CT molecular complexity index is 3630. The van der Waals surface area contributed by atoms with Crippen molar-refractivity contribution in [3.05, 3.63) is 200 Å². The maximum atomic E-state index is 9.17. The first kappa shape index (κ1) is 24.6. The summed E-state index contributed by atoms with van der Waals surface area (Å²) in [6, 6.07) is 46.0. The first-order chi connectivity index (χ1) is 31.1. The van der Waals surface area contributed by atoms with Crippen LogP contribution in [0, 0.1) is 0 Å². The molecule has 3 aromatic heterocycles. The first-order valence-corrected chi connectivity index (χ1v) is 18.2. The van der Waals surface area contributed by atoms with Gasteiger partial charge in [-0.15, -0.1) is 0 Å². The van der Waals surface area contributed by atoms with Crippen molar-refractivity contribution < 1.29 is 11.0 Å². The number of hydrogen-bond acceptors (Lipinski definition) is 3. The van der Waals surface area contributed by atoms with E-state index in [-0.39, 0.29) is 33.9 Å². The zero-order valence-corrected chi connectivity index (χ0v) is 29.7. The van der Waals surface area contributed by atoms with E-state index in [0.717, 1.165) is 44.2 Å². The predicted molar refractivity (Wildman–Crippen MR) is 230 cm³/mol. The van der Waals surface area contributed by atoms with Gasteiger partial charge in [-0.3, -0.25) is 0 Å². The number of aromatic nitrogens is 5. The van der Waals surface area contributed by atoms with E-state index in [0.29, 0.717) is 34.3 Å². The van der Waals surface area contributed by atoms with Crippen molar-refractivity contribution in [1.29, 1.82) is 0 Å². The van der Waals surface area contributed by atoms with E-state index in [2.05, 4.69) is 41.0 Å². The third-order valence-corrected chi connectivity index (χ3v) is 10.2.